The van der Waals surface area contributed by atoms with Crippen molar-refractivity contribution in [3.63, 3.8) is 0 Å². The number of fused-ring (bicyclic) bond motifs is 1. The monoisotopic (exact) mass is 508 g/mol. The minimum absolute atomic E-state index is 0.0810. The Kier molecular flexibility index (Phi) is 8.05. The zero-order valence-corrected chi connectivity index (χ0v) is 20.8. The molecular formula is C27H29ClN4O4. The maximum atomic E-state index is 13.4. The molecule has 188 valence electrons. The van der Waals surface area contributed by atoms with E-state index in [1.165, 1.54) is 4.90 Å². The molecule has 0 aliphatic carbocycles. The zero-order valence-electron chi connectivity index (χ0n) is 20.1. The molecule has 2 aromatic carbocycles. The average Bonchev–Trinajstić information content (AvgIpc) is 3.32. The molecule has 8 nitrogen and oxygen atoms in total. The van der Waals surface area contributed by atoms with Crippen molar-refractivity contribution in [3.8, 4) is 11.3 Å². The van der Waals surface area contributed by atoms with E-state index in [4.69, 9.17) is 16.7 Å². The number of aliphatic carboxylic acids is 1. The molecule has 2 amide bonds. The van der Waals surface area contributed by atoms with Crippen LogP contribution in [-0.2, 0) is 9.59 Å². The quantitative estimate of drug-likeness (QED) is 0.385. The van der Waals surface area contributed by atoms with E-state index in [-0.39, 0.29) is 18.5 Å². The second kappa shape index (κ2) is 11.4. The van der Waals surface area contributed by atoms with Gasteiger partial charge in [-0.15, -0.1) is 0 Å². The number of hydrogen-bond donors (Lipinski definition) is 2. The summed E-state index contributed by atoms with van der Waals surface area (Å²) in [6.45, 7) is 2.22. The Morgan fingerprint density at radius 2 is 1.86 bits per heavy atom. The lowest BCUT2D eigenvalue weighted by molar-refractivity contribution is -0.142. The molecule has 2 atom stereocenters. The number of carboxylic acid groups (broad SMARTS) is 1. The molecule has 0 radical (unpaired) electrons. The number of aromatic nitrogens is 2. The number of halogens is 1. The number of unbranched alkanes of at least 4 members (excludes halogenated alkanes) is 2. The lowest BCUT2D eigenvalue weighted by Gasteiger charge is -2.33. The summed E-state index contributed by atoms with van der Waals surface area (Å²) in [7, 11) is 0. The van der Waals surface area contributed by atoms with Gasteiger partial charge in [0.15, 0.2) is 6.04 Å². The van der Waals surface area contributed by atoms with Crippen LogP contribution >= 0.6 is 11.6 Å². The lowest BCUT2D eigenvalue weighted by Crippen LogP contribution is -2.48. The van der Waals surface area contributed by atoms with Gasteiger partial charge >= 0.3 is 5.97 Å². The number of amides is 2. The summed E-state index contributed by atoms with van der Waals surface area (Å²) < 4.78 is 1.78. The van der Waals surface area contributed by atoms with Crippen LogP contribution < -0.4 is 5.32 Å². The zero-order chi connectivity index (χ0) is 25.7. The van der Waals surface area contributed by atoms with Crippen LogP contribution in [-0.4, -0.2) is 50.7 Å². The van der Waals surface area contributed by atoms with Crippen molar-refractivity contribution >= 4 is 29.4 Å². The van der Waals surface area contributed by atoms with Crippen LogP contribution in [0.2, 0.25) is 5.02 Å². The summed E-state index contributed by atoms with van der Waals surface area (Å²) in [6.07, 6.45) is 3.91. The van der Waals surface area contributed by atoms with Crippen LogP contribution in [0, 0.1) is 0 Å². The fourth-order valence-corrected chi connectivity index (χ4v) is 4.59. The number of carbonyl (C=O) groups is 3. The van der Waals surface area contributed by atoms with Crippen molar-refractivity contribution in [3.05, 3.63) is 76.9 Å². The molecule has 1 unspecified atom stereocenters. The Bertz CT molecular complexity index is 1230. The topological polar surface area (TPSA) is 105 Å². The first kappa shape index (κ1) is 25.4. The van der Waals surface area contributed by atoms with Crippen molar-refractivity contribution in [2.24, 2.45) is 0 Å². The third kappa shape index (κ3) is 5.76. The van der Waals surface area contributed by atoms with E-state index >= 15 is 0 Å². The summed E-state index contributed by atoms with van der Waals surface area (Å²) >= 11 is 6.02. The van der Waals surface area contributed by atoms with Crippen molar-refractivity contribution in [1.82, 2.24) is 20.0 Å². The number of carboxylic acids is 1. The van der Waals surface area contributed by atoms with E-state index in [2.05, 4.69) is 12.2 Å². The van der Waals surface area contributed by atoms with Gasteiger partial charge in [-0.05, 0) is 30.2 Å². The van der Waals surface area contributed by atoms with Crippen LogP contribution in [0.1, 0.15) is 60.7 Å². The number of hydrogen-bond acceptors (Lipinski definition) is 4. The molecule has 1 aliphatic heterocycles. The van der Waals surface area contributed by atoms with Crippen LogP contribution in [0.3, 0.4) is 0 Å². The standard InChI is InChI=1S/C27H29ClN4O4/c1-2-3-5-10-21-16-31(17-24(33)29-25(27(35)36)19-8-6-4-7-9-19)26(34)23-15-22(30-32(21)23)18-11-13-20(28)14-12-18/h4,6-9,11-15,21,25H,2-3,5,10,16-17H2,1H3,(H,29,33)(H,35,36)/t21?,25-/m0/s1. The first-order valence-corrected chi connectivity index (χ1v) is 12.5. The molecule has 3 aromatic rings. The maximum absolute atomic E-state index is 13.4. The highest BCUT2D eigenvalue weighted by atomic mass is 35.5. The largest absolute Gasteiger partial charge is 0.479 e. The van der Waals surface area contributed by atoms with E-state index < -0.39 is 17.9 Å². The van der Waals surface area contributed by atoms with Crippen molar-refractivity contribution in [2.75, 3.05) is 13.1 Å². The first-order valence-electron chi connectivity index (χ1n) is 12.1. The molecule has 1 aliphatic rings. The van der Waals surface area contributed by atoms with Gasteiger partial charge in [0.1, 0.15) is 5.69 Å². The Morgan fingerprint density at radius 1 is 1.14 bits per heavy atom. The van der Waals surface area contributed by atoms with E-state index in [9.17, 15) is 19.5 Å². The highest BCUT2D eigenvalue weighted by Gasteiger charge is 2.34. The summed E-state index contributed by atoms with van der Waals surface area (Å²) in [5, 5.41) is 17.5. The van der Waals surface area contributed by atoms with Crippen LogP contribution in [0.15, 0.2) is 60.7 Å². The minimum Gasteiger partial charge on any atom is -0.479 e. The second-order valence-electron chi connectivity index (χ2n) is 8.95. The summed E-state index contributed by atoms with van der Waals surface area (Å²) in [4.78, 5) is 39.5. The van der Waals surface area contributed by atoms with E-state index in [1.54, 1.807) is 53.2 Å². The Morgan fingerprint density at radius 3 is 2.53 bits per heavy atom. The Labute approximate surface area is 214 Å². The molecule has 9 heteroatoms. The predicted octanol–water partition coefficient (Wildman–Crippen LogP) is 4.72. The van der Waals surface area contributed by atoms with Gasteiger partial charge in [-0.1, -0.05) is 80.3 Å². The molecule has 2 N–H and O–H groups in total. The fraction of sp³-hybridized carbons (Fsp3) is 0.333. The average molecular weight is 509 g/mol. The van der Waals surface area contributed by atoms with Gasteiger partial charge in [0, 0.05) is 17.1 Å². The van der Waals surface area contributed by atoms with E-state index in [0.29, 0.717) is 28.5 Å². The van der Waals surface area contributed by atoms with Crippen LogP contribution in [0.5, 0.6) is 0 Å². The van der Waals surface area contributed by atoms with Crippen molar-refractivity contribution in [1.29, 1.82) is 0 Å². The molecule has 0 saturated carbocycles. The van der Waals surface area contributed by atoms with Crippen molar-refractivity contribution < 1.29 is 19.5 Å². The highest BCUT2D eigenvalue weighted by molar-refractivity contribution is 6.30. The van der Waals surface area contributed by atoms with Gasteiger partial charge in [0.05, 0.1) is 18.3 Å². The third-order valence-corrected chi connectivity index (χ3v) is 6.57. The van der Waals surface area contributed by atoms with Gasteiger partial charge in [-0.3, -0.25) is 14.3 Å². The van der Waals surface area contributed by atoms with Gasteiger partial charge in [0.2, 0.25) is 5.91 Å². The van der Waals surface area contributed by atoms with Gasteiger partial charge in [-0.25, -0.2) is 4.79 Å². The smallest absolute Gasteiger partial charge is 0.330 e. The molecule has 0 bridgehead atoms. The SMILES string of the molecule is CCCCCC1CN(CC(=O)N[C@H](C(=O)O)c2ccccc2)C(=O)c2cc(-c3ccc(Cl)cc3)nn21. The minimum atomic E-state index is -1.19. The Hall–Kier alpha value is -3.65. The number of benzene rings is 2. The molecule has 1 aromatic heterocycles. The van der Waals surface area contributed by atoms with Gasteiger partial charge in [-0.2, -0.15) is 5.10 Å². The number of nitrogens with one attached hydrogen (secondary N) is 1. The molecule has 4 rings (SSSR count). The van der Waals surface area contributed by atoms with Crippen molar-refractivity contribution in [2.45, 2.75) is 44.7 Å². The first-order chi connectivity index (χ1) is 17.4. The molecule has 0 spiro atoms. The second-order valence-corrected chi connectivity index (χ2v) is 9.39. The lowest BCUT2D eigenvalue weighted by atomic mass is 10.0. The molecule has 0 fully saturated rings. The van der Waals surface area contributed by atoms with Crippen LogP contribution in [0.4, 0.5) is 0 Å². The Balaban J connectivity index is 1.55. The number of rotatable bonds is 10. The molecule has 0 saturated heterocycles. The van der Waals surface area contributed by atoms with E-state index in [1.807, 2.05) is 12.1 Å². The molecular weight excluding hydrogens is 480 g/mol. The number of carbonyl (C=O) groups excluding carboxylic acids is 2. The summed E-state index contributed by atoms with van der Waals surface area (Å²) in [5.74, 6) is -2.00. The third-order valence-electron chi connectivity index (χ3n) is 6.32. The summed E-state index contributed by atoms with van der Waals surface area (Å²) in [6, 6.07) is 16.2. The number of nitrogens with zero attached hydrogens (tertiary/aromatic N) is 3. The van der Waals surface area contributed by atoms with Gasteiger partial charge < -0.3 is 15.3 Å². The molecule has 36 heavy (non-hydrogen) atoms. The maximum Gasteiger partial charge on any atom is 0.330 e. The van der Waals surface area contributed by atoms with E-state index in [0.717, 1.165) is 31.2 Å². The van der Waals surface area contributed by atoms with Crippen LogP contribution in [0.25, 0.3) is 11.3 Å². The fourth-order valence-electron chi connectivity index (χ4n) is 4.46. The predicted molar refractivity (Wildman–Crippen MR) is 137 cm³/mol. The molecule has 2 heterocycles. The summed E-state index contributed by atoms with van der Waals surface area (Å²) in [5.41, 5.74) is 2.39. The van der Waals surface area contributed by atoms with Gasteiger partial charge in [0.25, 0.3) is 5.91 Å². The normalized spacial score (nSPS) is 15.9. The highest BCUT2D eigenvalue weighted by Crippen LogP contribution is 2.30.